The summed E-state index contributed by atoms with van der Waals surface area (Å²) in [5, 5.41) is 3.77. The number of quaternary nitrogens is 1. The standard InChI is InChI=1S/C26H48N3O/c1-6-7-8-9-10-11-12-13-14-18-23-29(4,5)24-19-22-28(27(2)3)26(30)25-20-16-15-17-21-25/h15-17,20-21H,6-14,18-19,22-24H2,1-5H3/q+1. The van der Waals surface area contributed by atoms with E-state index in [-0.39, 0.29) is 5.91 Å². The van der Waals surface area contributed by atoms with Crippen molar-refractivity contribution in [1.82, 2.24) is 10.0 Å². The van der Waals surface area contributed by atoms with E-state index in [2.05, 4.69) is 21.0 Å². The quantitative estimate of drug-likeness (QED) is 0.176. The van der Waals surface area contributed by atoms with Crippen LogP contribution in [-0.2, 0) is 0 Å². The maximum absolute atomic E-state index is 12.8. The molecule has 0 N–H and O–H groups in total. The molecule has 0 fully saturated rings. The van der Waals surface area contributed by atoms with Gasteiger partial charge in [-0.25, -0.2) is 5.01 Å². The summed E-state index contributed by atoms with van der Waals surface area (Å²) in [7, 11) is 8.55. The lowest BCUT2D eigenvalue weighted by atomic mass is 10.1. The van der Waals surface area contributed by atoms with E-state index in [1.54, 1.807) is 0 Å². The van der Waals surface area contributed by atoms with Crippen molar-refractivity contribution < 1.29 is 9.28 Å². The molecule has 0 spiro atoms. The molecule has 0 saturated heterocycles. The van der Waals surface area contributed by atoms with Crippen molar-refractivity contribution >= 4 is 5.91 Å². The van der Waals surface area contributed by atoms with Gasteiger partial charge in [-0.05, 0) is 25.0 Å². The van der Waals surface area contributed by atoms with E-state index in [0.717, 1.165) is 29.6 Å². The summed E-state index contributed by atoms with van der Waals surface area (Å²) in [6.07, 6.45) is 14.9. The van der Waals surface area contributed by atoms with Gasteiger partial charge in [-0.1, -0.05) is 76.5 Å². The number of hydrazine groups is 1. The number of carbonyl (C=O) groups is 1. The Labute approximate surface area is 186 Å². The Morgan fingerprint density at radius 1 is 0.767 bits per heavy atom. The largest absolute Gasteiger partial charge is 0.328 e. The molecule has 30 heavy (non-hydrogen) atoms. The molecular formula is C26H48N3O+. The van der Waals surface area contributed by atoms with E-state index >= 15 is 0 Å². The number of nitrogens with zero attached hydrogens (tertiary/aromatic N) is 3. The monoisotopic (exact) mass is 418 g/mol. The fourth-order valence-corrected chi connectivity index (χ4v) is 4.00. The number of unbranched alkanes of at least 4 members (excludes halogenated alkanes) is 9. The number of amides is 1. The lowest BCUT2D eigenvalue weighted by Gasteiger charge is -2.33. The van der Waals surface area contributed by atoms with Crippen LogP contribution in [0.1, 0.15) is 87.9 Å². The topological polar surface area (TPSA) is 23.6 Å². The molecule has 0 unspecified atom stereocenters. The van der Waals surface area contributed by atoms with Crippen molar-refractivity contribution in [1.29, 1.82) is 0 Å². The van der Waals surface area contributed by atoms with Gasteiger partial charge < -0.3 is 4.48 Å². The van der Waals surface area contributed by atoms with Crippen LogP contribution in [0.4, 0.5) is 0 Å². The third kappa shape index (κ3) is 11.7. The molecule has 0 aliphatic rings. The molecule has 4 nitrogen and oxygen atoms in total. The molecule has 0 aromatic heterocycles. The van der Waals surface area contributed by atoms with Gasteiger partial charge in [0, 0.05) is 32.6 Å². The lowest BCUT2D eigenvalue weighted by Crippen LogP contribution is -2.46. The molecule has 0 atom stereocenters. The second-order valence-corrected chi connectivity index (χ2v) is 9.56. The van der Waals surface area contributed by atoms with Crippen molar-refractivity contribution in [2.45, 2.75) is 77.6 Å². The Kier molecular flexibility index (Phi) is 13.7. The predicted octanol–water partition coefficient (Wildman–Crippen LogP) is 5.99. The summed E-state index contributed by atoms with van der Waals surface area (Å²) < 4.78 is 1.04. The molecule has 0 bridgehead atoms. The minimum absolute atomic E-state index is 0.0839. The molecule has 1 aromatic rings. The number of carbonyl (C=O) groups excluding carboxylic acids is 1. The van der Waals surface area contributed by atoms with E-state index in [9.17, 15) is 4.79 Å². The Morgan fingerprint density at radius 3 is 1.80 bits per heavy atom. The van der Waals surface area contributed by atoms with Crippen molar-refractivity contribution in [3.05, 3.63) is 35.9 Å². The molecule has 0 saturated carbocycles. The molecule has 1 rings (SSSR count). The minimum Gasteiger partial charge on any atom is -0.328 e. The first-order chi connectivity index (χ1) is 14.4. The third-order valence-corrected chi connectivity index (χ3v) is 5.99. The lowest BCUT2D eigenvalue weighted by molar-refractivity contribution is -0.890. The van der Waals surface area contributed by atoms with E-state index in [1.807, 2.05) is 54.4 Å². The summed E-state index contributed by atoms with van der Waals surface area (Å²) in [4.78, 5) is 12.8. The molecule has 1 aromatic carbocycles. The van der Waals surface area contributed by atoms with Crippen molar-refractivity contribution in [3.63, 3.8) is 0 Å². The normalized spacial score (nSPS) is 11.8. The predicted molar refractivity (Wildman–Crippen MR) is 129 cm³/mol. The molecular weight excluding hydrogens is 370 g/mol. The highest BCUT2D eigenvalue weighted by atomic mass is 16.2. The highest BCUT2D eigenvalue weighted by Gasteiger charge is 2.20. The third-order valence-electron chi connectivity index (χ3n) is 5.99. The second-order valence-electron chi connectivity index (χ2n) is 9.56. The molecule has 4 heteroatoms. The number of rotatable bonds is 17. The summed E-state index contributed by atoms with van der Waals surface area (Å²) in [6.45, 7) is 5.37. The first-order valence-electron chi connectivity index (χ1n) is 12.2. The van der Waals surface area contributed by atoms with Crippen LogP contribution in [0.5, 0.6) is 0 Å². The zero-order valence-electron chi connectivity index (χ0n) is 20.5. The van der Waals surface area contributed by atoms with Gasteiger partial charge in [0.1, 0.15) is 0 Å². The van der Waals surface area contributed by atoms with Crippen LogP contribution in [0.25, 0.3) is 0 Å². The van der Waals surface area contributed by atoms with Gasteiger partial charge >= 0.3 is 0 Å². The molecule has 172 valence electrons. The number of hydrogen-bond donors (Lipinski definition) is 0. The Bertz CT molecular complexity index is 557. The SMILES string of the molecule is CCCCCCCCCCCC[N+](C)(C)CCCN(C(=O)c1ccccc1)N(C)C. The average Bonchev–Trinajstić information content (AvgIpc) is 2.72. The molecule has 1 amide bonds. The maximum atomic E-state index is 12.8. The second kappa shape index (κ2) is 15.4. The van der Waals surface area contributed by atoms with Crippen molar-refractivity contribution in [2.75, 3.05) is 47.8 Å². The van der Waals surface area contributed by atoms with Crippen LogP contribution in [0.15, 0.2) is 30.3 Å². The Balaban J connectivity index is 2.21. The molecule has 0 radical (unpaired) electrons. The van der Waals surface area contributed by atoms with Crippen LogP contribution in [-0.4, -0.2) is 68.2 Å². The zero-order valence-corrected chi connectivity index (χ0v) is 20.5. The van der Waals surface area contributed by atoms with Gasteiger partial charge in [-0.15, -0.1) is 0 Å². The van der Waals surface area contributed by atoms with E-state index in [0.29, 0.717) is 0 Å². The first kappa shape index (κ1) is 26.6. The van der Waals surface area contributed by atoms with E-state index in [1.165, 1.54) is 70.8 Å². The van der Waals surface area contributed by atoms with Gasteiger partial charge in [0.2, 0.25) is 0 Å². The van der Waals surface area contributed by atoms with Crippen molar-refractivity contribution in [3.8, 4) is 0 Å². The smallest absolute Gasteiger partial charge is 0.268 e. The van der Waals surface area contributed by atoms with Gasteiger partial charge in [0.05, 0.1) is 27.2 Å². The van der Waals surface area contributed by atoms with Gasteiger partial charge in [-0.3, -0.25) is 9.80 Å². The maximum Gasteiger partial charge on any atom is 0.268 e. The van der Waals surface area contributed by atoms with Crippen LogP contribution in [0.2, 0.25) is 0 Å². The van der Waals surface area contributed by atoms with Gasteiger partial charge in [0.15, 0.2) is 0 Å². The Morgan fingerprint density at radius 2 is 1.27 bits per heavy atom. The molecule has 0 heterocycles. The zero-order chi connectivity index (χ0) is 22.2. The van der Waals surface area contributed by atoms with Gasteiger partial charge in [0.25, 0.3) is 5.91 Å². The van der Waals surface area contributed by atoms with Crippen LogP contribution in [0.3, 0.4) is 0 Å². The van der Waals surface area contributed by atoms with Crippen LogP contribution in [0, 0.1) is 0 Å². The van der Waals surface area contributed by atoms with Crippen molar-refractivity contribution in [2.24, 2.45) is 0 Å². The highest BCUT2D eigenvalue weighted by molar-refractivity contribution is 5.93. The van der Waals surface area contributed by atoms with E-state index in [4.69, 9.17) is 0 Å². The first-order valence-corrected chi connectivity index (χ1v) is 12.2. The fraction of sp³-hybridized carbons (Fsp3) is 0.731. The van der Waals surface area contributed by atoms with E-state index < -0.39 is 0 Å². The molecule has 0 aliphatic carbocycles. The van der Waals surface area contributed by atoms with Crippen LogP contribution >= 0.6 is 0 Å². The number of benzene rings is 1. The molecule has 0 aliphatic heterocycles. The summed E-state index contributed by atoms with van der Waals surface area (Å²) in [6, 6.07) is 9.58. The Hall–Kier alpha value is -1.39. The van der Waals surface area contributed by atoms with Gasteiger partial charge in [-0.2, -0.15) is 0 Å². The summed E-state index contributed by atoms with van der Waals surface area (Å²) in [5.41, 5.74) is 0.755. The van der Waals surface area contributed by atoms with Crippen LogP contribution < -0.4 is 0 Å². The number of hydrogen-bond acceptors (Lipinski definition) is 2. The minimum atomic E-state index is 0.0839. The average molecular weight is 419 g/mol. The summed E-state index contributed by atoms with van der Waals surface area (Å²) in [5.74, 6) is 0.0839. The summed E-state index contributed by atoms with van der Waals surface area (Å²) >= 11 is 0. The highest BCUT2D eigenvalue weighted by Crippen LogP contribution is 2.13. The fourth-order valence-electron chi connectivity index (χ4n) is 4.00.